The van der Waals surface area contributed by atoms with Gasteiger partial charge in [-0.2, -0.15) is 0 Å². The molecular formula is C18H25NO5S. The number of nitrogens with one attached hydrogen (secondary N) is 1. The van der Waals surface area contributed by atoms with Gasteiger partial charge in [-0.1, -0.05) is 19.1 Å². The molecule has 0 aliphatic heterocycles. The Labute approximate surface area is 148 Å². The fraction of sp³-hybridized carbons (Fsp3) is 0.500. The molecule has 0 radical (unpaired) electrons. The number of hydrogen-bond acceptors (Lipinski definition) is 5. The number of fused-ring (bicyclic) bond motifs is 1. The molecule has 1 heterocycles. The predicted octanol–water partition coefficient (Wildman–Crippen LogP) is 3.22. The van der Waals surface area contributed by atoms with Crippen molar-refractivity contribution in [1.29, 1.82) is 0 Å². The standard InChI is InChI=1S/C18H25NO5S/c1-5-10-25(21,22)13(4)18(20)19-12(3)16-11-14-8-7-9-15(23-6-2)17(14)24-16/h7-9,11-13H,5-6,10H2,1-4H3,(H,19,20). The number of hydrogen-bond donors (Lipinski definition) is 1. The third kappa shape index (κ3) is 4.34. The number of carbonyl (C=O) groups excluding carboxylic acids is 1. The molecule has 2 aromatic rings. The van der Waals surface area contributed by atoms with E-state index in [-0.39, 0.29) is 5.75 Å². The molecule has 7 heteroatoms. The second-order valence-corrected chi connectivity index (χ2v) is 8.44. The first-order chi connectivity index (χ1) is 11.8. The van der Waals surface area contributed by atoms with Crippen LogP contribution in [0, 0.1) is 0 Å². The SMILES string of the molecule is CCCS(=O)(=O)C(C)C(=O)NC(C)c1cc2cccc(OCC)c2o1. The highest BCUT2D eigenvalue weighted by molar-refractivity contribution is 7.92. The van der Waals surface area contributed by atoms with Gasteiger partial charge in [0.1, 0.15) is 11.0 Å². The summed E-state index contributed by atoms with van der Waals surface area (Å²) in [7, 11) is -3.44. The predicted molar refractivity (Wildman–Crippen MR) is 97.5 cm³/mol. The zero-order valence-corrected chi connectivity index (χ0v) is 15.9. The van der Waals surface area contributed by atoms with Gasteiger partial charge in [-0.25, -0.2) is 8.42 Å². The molecule has 25 heavy (non-hydrogen) atoms. The number of sulfone groups is 1. The molecule has 1 N–H and O–H groups in total. The molecule has 1 amide bonds. The monoisotopic (exact) mass is 367 g/mol. The Hall–Kier alpha value is -2.02. The molecular weight excluding hydrogens is 342 g/mol. The maximum atomic E-state index is 12.3. The molecule has 0 saturated carbocycles. The van der Waals surface area contributed by atoms with E-state index in [4.69, 9.17) is 9.15 Å². The number of benzene rings is 1. The maximum absolute atomic E-state index is 12.3. The summed E-state index contributed by atoms with van der Waals surface area (Å²) in [6.45, 7) is 7.36. The molecule has 6 nitrogen and oxygen atoms in total. The maximum Gasteiger partial charge on any atom is 0.238 e. The summed E-state index contributed by atoms with van der Waals surface area (Å²) in [5, 5.41) is 2.50. The molecule has 2 atom stereocenters. The van der Waals surface area contributed by atoms with Gasteiger partial charge in [-0.15, -0.1) is 0 Å². The van der Waals surface area contributed by atoms with E-state index in [0.717, 1.165) is 5.39 Å². The first-order valence-electron chi connectivity index (χ1n) is 8.47. The van der Waals surface area contributed by atoms with Crippen LogP contribution in [0.4, 0.5) is 0 Å². The quantitative estimate of drug-likeness (QED) is 0.774. The minimum Gasteiger partial charge on any atom is -0.490 e. The van der Waals surface area contributed by atoms with Gasteiger partial charge >= 0.3 is 0 Å². The van der Waals surface area contributed by atoms with E-state index in [9.17, 15) is 13.2 Å². The normalized spacial score (nSPS) is 14.2. The minimum atomic E-state index is -3.44. The van der Waals surface area contributed by atoms with Gasteiger partial charge in [0.15, 0.2) is 21.2 Å². The Balaban J connectivity index is 2.18. The highest BCUT2D eigenvalue weighted by Crippen LogP contribution is 2.31. The second-order valence-electron chi connectivity index (χ2n) is 6.00. The van der Waals surface area contributed by atoms with Crippen LogP contribution in [0.5, 0.6) is 5.75 Å². The molecule has 138 valence electrons. The Kier molecular flexibility index (Phi) is 6.11. The van der Waals surface area contributed by atoms with Crippen LogP contribution >= 0.6 is 0 Å². The number of ether oxygens (including phenoxy) is 1. The summed E-state index contributed by atoms with van der Waals surface area (Å²) < 4.78 is 35.5. The highest BCUT2D eigenvalue weighted by atomic mass is 32.2. The molecule has 0 bridgehead atoms. The van der Waals surface area contributed by atoms with Crippen molar-refractivity contribution in [3.63, 3.8) is 0 Å². The lowest BCUT2D eigenvalue weighted by atomic mass is 10.2. The number of amides is 1. The largest absolute Gasteiger partial charge is 0.490 e. The van der Waals surface area contributed by atoms with Crippen LogP contribution in [0.1, 0.15) is 45.9 Å². The molecule has 0 aliphatic carbocycles. The van der Waals surface area contributed by atoms with Gasteiger partial charge in [-0.3, -0.25) is 4.79 Å². The van der Waals surface area contributed by atoms with Crippen molar-refractivity contribution in [3.8, 4) is 5.75 Å². The fourth-order valence-corrected chi connectivity index (χ4v) is 3.88. The lowest BCUT2D eigenvalue weighted by Crippen LogP contribution is -2.39. The number of furan rings is 1. The number of para-hydroxylation sites is 1. The van der Waals surface area contributed by atoms with Crippen molar-refractivity contribution in [2.24, 2.45) is 0 Å². The summed E-state index contributed by atoms with van der Waals surface area (Å²) in [6, 6.07) is 6.97. The van der Waals surface area contributed by atoms with Crippen LogP contribution in [-0.4, -0.2) is 31.9 Å². The van der Waals surface area contributed by atoms with Crippen LogP contribution < -0.4 is 10.1 Å². The van der Waals surface area contributed by atoms with Crippen molar-refractivity contribution < 1.29 is 22.4 Å². The van der Waals surface area contributed by atoms with E-state index in [2.05, 4.69) is 5.32 Å². The molecule has 0 spiro atoms. The van der Waals surface area contributed by atoms with Gasteiger partial charge in [0.2, 0.25) is 5.91 Å². The van der Waals surface area contributed by atoms with Crippen molar-refractivity contribution in [1.82, 2.24) is 5.32 Å². The van der Waals surface area contributed by atoms with Crippen LogP contribution in [-0.2, 0) is 14.6 Å². The summed E-state index contributed by atoms with van der Waals surface area (Å²) in [5.41, 5.74) is 0.618. The van der Waals surface area contributed by atoms with Gasteiger partial charge in [0.25, 0.3) is 0 Å². The van der Waals surface area contributed by atoms with Crippen LogP contribution in [0.25, 0.3) is 11.0 Å². The first-order valence-corrected chi connectivity index (χ1v) is 10.2. The van der Waals surface area contributed by atoms with Crippen molar-refractivity contribution in [3.05, 3.63) is 30.0 Å². The van der Waals surface area contributed by atoms with Crippen LogP contribution in [0.15, 0.2) is 28.7 Å². The minimum absolute atomic E-state index is 0.00166. The second kappa shape index (κ2) is 7.91. The third-order valence-electron chi connectivity index (χ3n) is 4.01. The van der Waals surface area contributed by atoms with Crippen molar-refractivity contribution in [2.45, 2.75) is 45.4 Å². The van der Waals surface area contributed by atoms with E-state index in [1.807, 2.05) is 31.2 Å². The topological polar surface area (TPSA) is 85.6 Å². The molecule has 1 aromatic heterocycles. The average molecular weight is 367 g/mol. The lowest BCUT2D eigenvalue weighted by Gasteiger charge is -2.16. The lowest BCUT2D eigenvalue weighted by molar-refractivity contribution is -0.121. The van der Waals surface area contributed by atoms with E-state index < -0.39 is 27.0 Å². The zero-order chi connectivity index (χ0) is 18.6. The third-order valence-corrected chi connectivity index (χ3v) is 6.28. The van der Waals surface area contributed by atoms with Gasteiger partial charge < -0.3 is 14.5 Å². The zero-order valence-electron chi connectivity index (χ0n) is 15.0. The summed E-state index contributed by atoms with van der Waals surface area (Å²) in [6.07, 6.45) is 0.485. The smallest absolute Gasteiger partial charge is 0.238 e. The van der Waals surface area contributed by atoms with E-state index in [0.29, 0.717) is 30.1 Å². The molecule has 0 saturated heterocycles. The summed E-state index contributed by atoms with van der Waals surface area (Å²) in [5.74, 6) is 0.670. The molecule has 0 fully saturated rings. The van der Waals surface area contributed by atoms with Crippen molar-refractivity contribution >= 4 is 26.7 Å². The van der Waals surface area contributed by atoms with E-state index in [1.54, 1.807) is 13.8 Å². The van der Waals surface area contributed by atoms with Crippen LogP contribution in [0.2, 0.25) is 0 Å². The Morgan fingerprint density at radius 2 is 2.00 bits per heavy atom. The average Bonchev–Trinajstić information content (AvgIpc) is 2.99. The van der Waals surface area contributed by atoms with Gasteiger partial charge in [0, 0.05) is 5.39 Å². The van der Waals surface area contributed by atoms with Gasteiger partial charge in [-0.05, 0) is 39.3 Å². The molecule has 0 aliphatic rings. The first kappa shape index (κ1) is 19.3. The molecule has 1 aromatic carbocycles. The Morgan fingerprint density at radius 1 is 1.28 bits per heavy atom. The molecule has 2 unspecified atom stereocenters. The summed E-state index contributed by atoms with van der Waals surface area (Å²) >= 11 is 0. The molecule has 2 rings (SSSR count). The van der Waals surface area contributed by atoms with E-state index >= 15 is 0 Å². The van der Waals surface area contributed by atoms with Crippen LogP contribution in [0.3, 0.4) is 0 Å². The Bertz CT molecular complexity index is 840. The fourth-order valence-electron chi connectivity index (χ4n) is 2.57. The number of rotatable bonds is 8. The highest BCUT2D eigenvalue weighted by Gasteiger charge is 2.28. The summed E-state index contributed by atoms with van der Waals surface area (Å²) in [4.78, 5) is 12.3. The number of carbonyl (C=O) groups is 1. The van der Waals surface area contributed by atoms with E-state index in [1.165, 1.54) is 6.92 Å². The van der Waals surface area contributed by atoms with Crippen molar-refractivity contribution in [2.75, 3.05) is 12.4 Å². The van der Waals surface area contributed by atoms with Gasteiger partial charge in [0.05, 0.1) is 18.4 Å². The Morgan fingerprint density at radius 3 is 2.64 bits per heavy atom.